The van der Waals surface area contributed by atoms with Gasteiger partial charge < -0.3 is 11.1 Å². The van der Waals surface area contributed by atoms with Crippen LogP contribution in [0.1, 0.15) is 5.56 Å². The number of nitrogen functional groups attached to an aromatic ring is 1. The molecule has 2 aromatic carbocycles. The first-order chi connectivity index (χ1) is 9.65. The highest BCUT2D eigenvalue weighted by Crippen LogP contribution is 2.30. The second-order valence-electron chi connectivity index (χ2n) is 4.69. The number of benzene rings is 2. The van der Waals surface area contributed by atoms with E-state index in [1.165, 1.54) is 12.1 Å². The van der Waals surface area contributed by atoms with Gasteiger partial charge in [0.25, 0.3) is 0 Å². The molecular weight excluding hydrogens is 253 g/mol. The van der Waals surface area contributed by atoms with E-state index in [0.29, 0.717) is 5.69 Å². The number of hydrogen-bond donors (Lipinski definition) is 2. The smallest absolute Gasteiger partial charge is 0.123 e. The molecule has 3 rings (SSSR count). The number of nitrogens with one attached hydrogen (secondary N) is 1. The third-order valence-electron chi connectivity index (χ3n) is 3.26. The Hall–Kier alpha value is -2.62. The van der Waals surface area contributed by atoms with E-state index in [2.05, 4.69) is 10.3 Å². The lowest BCUT2D eigenvalue weighted by Crippen LogP contribution is -1.97. The SMILES string of the molecule is Cc1cc(F)ccc1Nc1ccc(N)c2ncccc12. The second kappa shape index (κ2) is 4.81. The normalized spacial score (nSPS) is 10.7. The van der Waals surface area contributed by atoms with Crippen molar-refractivity contribution in [3.8, 4) is 0 Å². The highest BCUT2D eigenvalue weighted by Gasteiger charge is 2.06. The Morgan fingerprint density at radius 2 is 1.90 bits per heavy atom. The molecule has 0 spiro atoms. The van der Waals surface area contributed by atoms with Crippen molar-refractivity contribution in [2.45, 2.75) is 6.92 Å². The average Bonchev–Trinajstić information content (AvgIpc) is 2.45. The van der Waals surface area contributed by atoms with E-state index in [9.17, 15) is 4.39 Å². The summed E-state index contributed by atoms with van der Waals surface area (Å²) in [6.45, 7) is 1.86. The molecule has 4 heteroatoms. The monoisotopic (exact) mass is 267 g/mol. The Morgan fingerprint density at radius 1 is 1.10 bits per heavy atom. The number of halogens is 1. The summed E-state index contributed by atoms with van der Waals surface area (Å²) in [7, 11) is 0. The number of nitrogens with two attached hydrogens (primary N) is 1. The fraction of sp³-hybridized carbons (Fsp3) is 0.0625. The average molecular weight is 267 g/mol. The number of anilines is 3. The Morgan fingerprint density at radius 3 is 2.70 bits per heavy atom. The van der Waals surface area contributed by atoms with Gasteiger partial charge in [0.05, 0.1) is 11.2 Å². The molecule has 0 aliphatic heterocycles. The van der Waals surface area contributed by atoms with Crippen molar-refractivity contribution in [1.29, 1.82) is 0 Å². The minimum absolute atomic E-state index is 0.239. The Balaban J connectivity index is 2.09. The molecule has 0 radical (unpaired) electrons. The maximum atomic E-state index is 13.1. The van der Waals surface area contributed by atoms with Gasteiger partial charge in [-0.3, -0.25) is 4.98 Å². The molecule has 0 bridgehead atoms. The van der Waals surface area contributed by atoms with Crippen molar-refractivity contribution in [3.63, 3.8) is 0 Å². The van der Waals surface area contributed by atoms with Gasteiger partial charge in [0.2, 0.25) is 0 Å². The summed E-state index contributed by atoms with van der Waals surface area (Å²) in [5.41, 5.74) is 9.94. The van der Waals surface area contributed by atoms with Gasteiger partial charge in [-0.2, -0.15) is 0 Å². The number of fused-ring (bicyclic) bond motifs is 1. The van der Waals surface area contributed by atoms with Crippen LogP contribution in [0.15, 0.2) is 48.7 Å². The van der Waals surface area contributed by atoms with E-state index in [1.807, 2.05) is 31.2 Å². The number of nitrogens with zero attached hydrogens (tertiary/aromatic N) is 1. The molecule has 3 nitrogen and oxygen atoms in total. The molecule has 20 heavy (non-hydrogen) atoms. The molecule has 0 saturated heterocycles. The lowest BCUT2D eigenvalue weighted by Gasteiger charge is -2.12. The summed E-state index contributed by atoms with van der Waals surface area (Å²) in [5.74, 6) is -0.239. The topological polar surface area (TPSA) is 50.9 Å². The van der Waals surface area contributed by atoms with Crippen LogP contribution in [0.5, 0.6) is 0 Å². The largest absolute Gasteiger partial charge is 0.397 e. The van der Waals surface area contributed by atoms with Gasteiger partial charge in [-0.15, -0.1) is 0 Å². The lowest BCUT2D eigenvalue weighted by atomic mass is 10.1. The van der Waals surface area contributed by atoms with Gasteiger partial charge in [0.1, 0.15) is 5.82 Å². The van der Waals surface area contributed by atoms with Crippen molar-refractivity contribution in [1.82, 2.24) is 4.98 Å². The number of aromatic nitrogens is 1. The molecule has 0 aliphatic carbocycles. The van der Waals surface area contributed by atoms with Crippen LogP contribution >= 0.6 is 0 Å². The summed E-state index contributed by atoms with van der Waals surface area (Å²) in [6.07, 6.45) is 1.71. The van der Waals surface area contributed by atoms with Crippen LogP contribution in [-0.4, -0.2) is 4.98 Å². The summed E-state index contributed by atoms with van der Waals surface area (Å²) in [4.78, 5) is 4.29. The summed E-state index contributed by atoms with van der Waals surface area (Å²) in [5, 5.41) is 4.25. The quantitative estimate of drug-likeness (QED) is 0.690. The number of rotatable bonds is 2. The maximum absolute atomic E-state index is 13.1. The minimum Gasteiger partial charge on any atom is -0.397 e. The molecule has 3 N–H and O–H groups in total. The molecule has 1 heterocycles. The van der Waals surface area contributed by atoms with E-state index in [4.69, 9.17) is 5.73 Å². The molecular formula is C16H14FN3. The first kappa shape index (κ1) is 12.4. The highest BCUT2D eigenvalue weighted by atomic mass is 19.1. The van der Waals surface area contributed by atoms with Crippen molar-refractivity contribution in [2.75, 3.05) is 11.1 Å². The lowest BCUT2D eigenvalue weighted by molar-refractivity contribution is 0.627. The molecule has 0 atom stereocenters. The second-order valence-corrected chi connectivity index (χ2v) is 4.69. The van der Waals surface area contributed by atoms with Crippen molar-refractivity contribution in [2.24, 2.45) is 0 Å². The number of pyridine rings is 1. The molecule has 0 fully saturated rings. The van der Waals surface area contributed by atoms with Crippen LogP contribution in [0, 0.1) is 12.7 Å². The maximum Gasteiger partial charge on any atom is 0.123 e. The van der Waals surface area contributed by atoms with Crippen LogP contribution < -0.4 is 11.1 Å². The highest BCUT2D eigenvalue weighted by molar-refractivity contribution is 5.99. The predicted molar refractivity (Wildman–Crippen MR) is 80.6 cm³/mol. The van der Waals surface area contributed by atoms with Crippen molar-refractivity contribution >= 4 is 28.0 Å². The first-order valence-electron chi connectivity index (χ1n) is 6.31. The predicted octanol–water partition coefficient (Wildman–Crippen LogP) is 4.01. The molecule has 0 amide bonds. The molecule has 3 aromatic rings. The third kappa shape index (κ3) is 2.16. The van der Waals surface area contributed by atoms with Crippen LogP contribution in [0.3, 0.4) is 0 Å². The zero-order valence-corrected chi connectivity index (χ0v) is 11.0. The standard InChI is InChI=1S/C16H14FN3/c1-10-9-11(17)4-6-14(10)20-15-7-5-13(18)16-12(15)3-2-8-19-16/h2-9,20H,18H2,1H3. The minimum atomic E-state index is -0.239. The number of hydrogen-bond acceptors (Lipinski definition) is 3. The molecule has 100 valence electrons. The summed E-state index contributed by atoms with van der Waals surface area (Å²) in [6, 6.07) is 12.2. The van der Waals surface area contributed by atoms with Gasteiger partial charge in [0, 0.05) is 23.0 Å². The van der Waals surface area contributed by atoms with Gasteiger partial charge >= 0.3 is 0 Å². The Labute approximate surface area is 116 Å². The van der Waals surface area contributed by atoms with E-state index >= 15 is 0 Å². The fourth-order valence-corrected chi connectivity index (χ4v) is 2.22. The zero-order chi connectivity index (χ0) is 14.1. The van der Waals surface area contributed by atoms with Gasteiger partial charge in [-0.05, 0) is 55.0 Å². The van der Waals surface area contributed by atoms with Crippen molar-refractivity contribution in [3.05, 3.63) is 60.0 Å². The van der Waals surface area contributed by atoms with Crippen LogP contribution in [0.4, 0.5) is 21.5 Å². The first-order valence-corrected chi connectivity index (χ1v) is 6.31. The van der Waals surface area contributed by atoms with E-state index in [0.717, 1.165) is 27.8 Å². The fourth-order valence-electron chi connectivity index (χ4n) is 2.22. The third-order valence-corrected chi connectivity index (χ3v) is 3.26. The Bertz CT molecular complexity index is 784. The number of aryl methyl sites for hydroxylation is 1. The van der Waals surface area contributed by atoms with E-state index in [1.54, 1.807) is 12.3 Å². The molecule has 0 aliphatic rings. The molecule has 0 saturated carbocycles. The van der Waals surface area contributed by atoms with Gasteiger partial charge in [0.15, 0.2) is 0 Å². The van der Waals surface area contributed by atoms with E-state index < -0.39 is 0 Å². The summed E-state index contributed by atoms with van der Waals surface area (Å²) >= 11 is 0. The Kier molecular flexibility index (Phi) is 2.99. The zero-order valence-electron chi connectivity index (χ0n) is 11.0. The van der Waals surface area contributed by atoms with Crippen LogP contribution in [-0.2, 0) is 0 Å². The van der Waals surface area contributed by atoms with Crippen LogP contribution in [0.25, 0.3) is 10.9 Å². The van der Waals surface area contributed by atoms with Gasteiger partial charge in [-0.1, -0.05) is 0 Å². The molecule has 0 unspecified atom stereocenters. The summed E-state index contributed by atoms with van der Waals surface area (Å²) < 4.78 is 13.1. The van der Waals surface area contributed by atoms with Gasteiger partial charge in [-0.25, -0.2) is 4.39 Å². The van der Waals surface area contributed by atoms with Crippen molar-refractivity contribution < 1.29 is 4.39 Å². The molecule has 1 aromatic heterocycles. The van der Waals surface area contributed by atoms with E-state index in [-0.39, 0.29) is 5.82 Å². The van der Waals surface area contributed by atoms with Crippen LogP contribution in [0.2, 0.25) is 0 Å².